The molecule has 2 heterocycles. The molecule has 5 heteroatoms. The zero-order chi connectivity index (χ0) is 16.5. The lowest BCUT2D eigenvalue weighted by molar-refractivity contribution is 0.0516. The molecule has 3 nitrogen and oxygen atoms in total. The number of halogens is 1. The van der Waals surface area contributed by atoms with Crippen molar-refractivity contribution in [3.05, 3.63) is 41.2 Å². The maximum absolute atomic E-state index is 13.0. The minimum Gasteiger partial charge on any atom is -0.337 e. The number of fused-ring (bicyclic) bond motifs is 1. The lowest BCUT2D eigenvalue weighted by Gasteiger charge is -2.41. The summed E-state index contributed by atoms with van der Waals surface area (Å²) < 4.78 is 13.0. The number of piperidine rings is 1. The van der Waals surface area contributed by atoms with Gasteiger partial charge in [0.1, 0.15) is 16.5 Å². The van der Waals surface area contributed by atoms with Crippen molar-refractivity contribution in [2.24, 2.45) is 11.8 Å². The lowest BCUT2D eigenvalue weighted by atomic mass is 9.75. The zero-order valence-electron chi connectivity index (χ0n) is 13.6. The highest BCUT2D eigenvalue weighted by atomic mass is 32.1. The maximum atomic E-state index is 13.0. The number of carbonyl (C=O) groups is 1. The number of hydrogen-bond donors (Lipinski definition) is 0. The van der Waals surface area contributed by atoms with Gasteiger partial charge in [-0.25, -0.2) is 9.37 Å². The van der Waals surface area contributed by atoms with Crippen LogP contribution in [0.15, 0.2) is 29.6 Å². The van der Waals surface area contributed by atoms with Gasteiger partial charge in [0.05, 0.1) is 0 Å². The van der Waals surface area contributed by atoms with Gasteiger partial charge in [0.25, 0.3) is 5.91 Å². The first-order valence-electron chi connectivity index (χ1n) is 8.71. The summed E-state index contributed by atoms with van der Waals surface area (Å²) in [4.78, 5) is 19.3. The molecule has 2 fully saturated rings. The van der Waals surface area contributed by atoms with Gasteiger partial charge < -0.3 is 4.90 Å². The van der Waals surface area contributed by atoms with Crippen LogP contribution in [-0.2, 0) is 0 Å². The summed E-state index contributed by atoms with van der Waals surface area (Å²) in [5, 5.41) is 2.60. The number of aromatic nitrogens is 1. The molecule has 1 saturated heterocycles. The molecule has 1 saturated carbocycles. The molecule has 1 amide bonds. The number of thiazole rings is 1. The predicted octanol–water partition coefficient (Wildman–Crippen LogP) is 4.60. The molecule has 24 heavy (non-hydrogen) atoms. The summed E-state index contributed by atoms with van der Waals surface area (Å²) in [6, 6.07) is 6.25. The molecule has 1 aliphatic carbocycles. The molecule has 0 bridgehead atoms. The van der Waals surface area contributed by atoms with E-state index in [2.05, 4.69) is 4.98 Å². The predicted molar refractivity (Wildman–Crippen MR) is 93.5 cm³/mol. The highest BCUT2D eigenvalue weighted by Gasteiger charge is 2.33. The van der Waals surface area contributed by atoms with E-state index in [4.69, 9.17) is 0 Å². The molecular formula is C19H21FN2OS. The van der Waals surface area contributed by atoms with Crippen LogP contribution in [-0.4, -0.2) is 28.9 Å². The van der Waals surface area contributed by atoms with Crippen molar-refractivity contribution in [1.82, 2.24) is 9.88 Å². The van der Waals surface area contributed by atoms with E-state index in [0.29, 0.717) is 11.6 Å². The highest BCUT2D eigenvalue weighted by molar-refractivity contribution is 7.13. The molecule has 0 spiro atoms. The fraction of sp³-hybridized carbons (Fsp3) is 0.474. The number of likely N-dealkylation sites (tertiary alicyclic amines) is 1. The standard InChI is InChI=1S/C19H21FN2OS/c20-16-7-5-14(6-8-16)18-21-17(12-24-18)19(23)22-10-9-13-3-1-2-4-15(13)11-22/h5-8,12-13,15H,1-4,9-11H2/t13-,15-/m0/s1. The van der Waals surface area contributed by atoms with Gasteiger partial charge in [-0.15, -0.1) is 11.3 Å². The fourth-order valence-corrected chi connectivity index (χ4v) is 4.84. The summed E-state index contributed by atoms with van der Waals surface area (Å²) in [7, 11) is 0. The Morgan fingerprint density at radius 2 is 1.88 bits per heavy atom. The second-order valence-corrected chi connectivity index (χ2v) is 7.75. The normalized spacial score (nSPS) is 23.8. The molecular weight excluding hydrogens is 323 g/mol. The summed E-state index contributed by atoms with van der Waals surface area (Å²) in [5.41, 5.74) is 1.38. The van der Waals surface area contributed by atoms with Crippen molar-refractivity contribution in [2.75, 3.05) is 13.1 Å². The molecule has 0 radical (unpaired) electrons. The molecule has 2 aliphatic rings. The third-order valence-electron chi connectivity index (χ3n) is 5.39. The topological polar surface area (TPSA) is 33.2 Å². The van der Waals surface area contributed by atoms with E-state index in [0.717, 1.165) is 36.0 Å². The number of nitrogens with zero attached hydrogens (tertiary/aromatic N) is 2. The van der Waals surface area contributed by atoms with Crippen molar-refractivity contribution in [1.29, 1.82) is 0 Å². The van der Waals surface area contributed by atoms with Gasteiger partial charge in [-0.3, -0.25) is 4.79 Å². The van der Waals surface area contributed by atoms with Crippen molar-refractivity contribution in [3.8, 4) is 10.6 Å². The Bertz CT molecular complexity index is 727. The van der Waals surface area contributed by atoms with Crippen molar-refractivity contribution in [3.63, 3.8) is 0 Å². The van der Waals surface area contributed by atoms with E-state index in [-0.39, 0.29) is 11.7 Å². The largest absolute Gasteiger partial charge is 0.337 e. The Kier molecular flexibility index (Phi) is 4.35. The van der Waals surface area contributed by atoms with Crippen molar-refractivity contribution >= 4 is 17.2 Å². The smallest absolute Gasteiger partial charge is 0.273 e. The van der Waals surface area contributed by atoms with Gasteiger partial charge in [0.15, 0.2) is 0 Å². The van der Waals surface area contributed by atoms with Crippen LogP contribution in [0.5, 0.6) is 0 Å². The van der Waals surface area contributed by atoms with Gasteiger partial charge in [-0.2, -0.15) is 0 Å². The summed E-state index contributed by atoms with van der Waals surface area (Å²) in [6.07, 6.45) is 6.37. The van der Waals surface area contributed by atoms with E-state index < -0.39 is 0 Å². The van der Waals surface area contributed by atoms with Crippen LogP contribution >= 0.6 is 11.3 Å². The van der Waals surface area contributed by atoms with Gasteiger partial charge in [0, 0.05) is 24.0 Å². The molecule has 1 aliphatic heterocycles. The number of amides is 1. The van der Waals surface area contributed by atoms with E-state index >= 15 is 0 Å². The Morgan fingerprint density at radius 1 is 1.12 bits per heavy atom. The van der Waals surface area contributed by atoms with Gasteiger partial charge >= 0.3 is 0 Å². The Labute approximate surface area is 145 Å². The van der Waals surface area contributed by atoms with Crippen LogP contribution < -0.4 is 0 Å². The van der Waals surface area contributed by atoms with Crippen LogP contribution in [0.3, 0.4) is 0 Å². The summed E-state index contributed by atoms with van der Waals surface area (Å²) in [5.74, 6) is 1.27. The van der Waals surface area contributed by atoms with E-state index in [1.54, 1.807) is 12.1 Å². The second-order valence-electron chi connectivity index (χ2n) is 6.89. The average molecular weight is 344 g/mol. The minimum absolute atomic E-state index is 0.0450. The van der Waals surface area contributed by atoms with Crippen LogP contribution in [0.4, 0.5) is 4.39 Å². The Morgan fingerprint density at radius 3 is 2.67 bits per heavy atom. The quantitative estimate of drug-likeness (QED) is 0.797. The van der Waals surface area contributed by atoms with E-state index in [1.165, 1.54) is 49.2 Å². The van der Waals surface area contributed by atoms with Crippen LogP contribution in [0.2, 0.25) is 0 Å². The molecule has 1 aromatic heterocycles. The molecule has 2 aromatic rings. The number of benzene rings is 1. The Hall–Kier alpha value is -1.75. The van der Waals surface area contributed by atoms with E-state index in [9.17, 15) is 9.18 Å². The zero-order valence-corrected chi connectivity index (χ0v) is 14.4. The van der Waals surface area contributed by atoms with Gasteiger partial charge in [-0.1, -0.05) is 19.3 Å². The second kappa shape index (κ2) is 6.63. The monoisotopic (exact) mass is 344 g/mol. The molecule has 2 atom stereocenters. The van der Waals surface area contributed by atoms with Crippen LogP contribution in [0.1, 0.15) is 42.6 Å². The molecule has 4 rings (SSSR count). The maximum Gasteiger partial charge on any atom is 0.273 e. The van der Waals surface area contributed by atoms with E-state index in [1.807, 2.05) is 10.3 Å². The highest BCUT2D eigenvalue weighted by Crippen LogP contribution is 2.36. The number of carbonyl (C=O) groups excluding carboxylic acids is 1. The first-order valence-corrected chi connectivity index (χ1v) is 9.59. The van der Waals surface area contributed by atoms with Gasteiger partial charge in [0.2, 0.25) is 0 Å². The SMILES string of the molecule is O=C(c1csc(-c2ccc(F)cc2)n1)N1CC[C@@H]2CCCC[C@H]2C1. The summed E-state index contributed by atoms with van der Waals surface area (Å²) in [6.45, 7) is 1.73. The molecule has 1 aromatic carbocycles. The first-order chi connectivity index (χ1) is 11.7. The minimum atomic E-state index is -0.262. The fourth-order valence-electron chi connectivity index (χ4n) is 4.04. The third kappa shape index (κ3) is 3.09. The third-order valence-corrected chi connectivity index (χ3v) is 6.28. The molecule has 126 valence electrons. The number of rotatable bonds is 2. The van der Waals surface area contributed by atoms with Gasteiger partial charge in [-0.05, 0) is 48.9 Å². The van der Waals surface area contributed by atoms with Crippen molar-refractivity contribution in [2.45, 2.75) is 32.1 Å². The molecule has 0 N–H and O–H groups in total. The average Bonchev–Trinajstić information content (AvgIpc) is 3.11. The first kappa shape index (κ1) is 15.8. The Balaban J connectivity index is 1.48. The molecule has 0 unspecified atom stereocenters. The van der Waals surface area contributed by atoms with Crippen LogP contribution in [0.25, 0.3) is 10.6 Å². The number of hydrogen-bond acceptors (Lipinski definition) is 3. The summed E-state index contributed by atoms with van der Waals surface area (Å²) >= 11 is 1.44. The lowest BCUT2D eigenvalue weighted by Crippen LogP contribution is -2.44. The van der Waals surface area contributed by atoms with Crippen LogP contribution in [0, 0.1) is 17.7 Å². The van der Waals surface area contributed by atoms with Crippen molar-refractivity contribution < 1.29 is 9.18 Å².